The van der Waals surface area contributed by atoms with Crippen molar-refractivity contribution in [2.45, 2.75) is 20.4 Å². The van der Waals surface area contributed by atoms with E-state index in [2.05, 4.69) is 10.3 Å². The number of aromatic amines is 1. The molecule has 0 unspecified atom stereocenters. The fourth-order valence-corrected chi connectivity index (χ4v) is 1.81. The second kappa shape index (κ2) is 5.52. The van der Waals surface area contributed by atoms with Crippen molar-refractivity contribution in [1.82, 2.24) is 10.3 Å². The molecule has 4 nitrogen and oxygen atoms in total. The number of carbonyl (C=O) groups is 2. The van der Waals surface area contributed by atoms with Crippen LogP contribution in [0.3, 0.4) is 0 Å². The van der Waals surface area contributed by atoms with Gasteiger partial charge < -0.3 is 10.3 Å². The average molecular weight is 256 g/mol. The first kappa shape index (κ1) is 13.1. The molecule has 1 amide bonds. The van der Waals surface area contributed by atoms with E-state index in [1.165, 1.54) is 6.92 Å². The quantitative estimate of drug-likeness (QED) is 0.825. The summed E-state index contributed by atoms with van der Waals surface area (Å²) in [6.45, 7) is 3.95. The number of rotatable bonds is 4. The summed E-state index contributed by atoms with van der Waals surface area (Å²) in [7, 11) is 0. The Hall–Kier alpha value is -2.36. The first-order valence-corrected chi connectivity index (χ1v) is 6.10. The van der Waals surface area contributed by atoms with Gasteiger partial charge in [-0.25, -0.2) is 0 Å². The highest BCUT2D eigenvalue weighted by Crippen LogP contribution is 2.08. The van der Waals surface area contributed by atoms with Crippen molar-refractivity contribution < 1.29 is 9.59 Å². The Bertz CT molecular complexity index is 614. The zero-order valence-corrected chi connectivity index (χ0v) is 11.0. The van der Waals surface area contributed by atoms with Crippen molar-refractivity contribution in [3.05, 3.63) is 58.9 Å². The number of nitrogens with one attached hydrogen (secondary N) is 2. The lowest BCUT2D eigenvalue weighted by atomic mass is 10.1. The molecule has 0 saturated heterocycles. The molecule has 2 N–H and O–H groups in total. The number of aromatic nitrogens is 1. The van der Waals surface area contributed by atoms with Crippen LogP contribution in [-0.2, 0) is 6.54 Å². The van der Waals surface area contributed by atoms with Gasteiger partial charge in [0.15, 0.2) is 5.78 Å². The number of carbonyl (C=O) groups excluding carboxylic acids is 2. The van der Waals surface area contributed by atoms with Gasteiger partial charge in [0.05, 0.1) is 0 Å². The smallest absolute Gasteiger partial charge is 0.267 e. The van der Waals surface area contributed by atoms with Crippen LogP contribution in [0.1, 0.15) is 38.9 Å². The molecule has 0 bridgehead atoms. The van der Waals surface area contributed by atoms with Crippen molar-refractivity contribution in [3.63, 3.8) is 0 Å². The monoisotopic (exact) mass is 256 g/mol. The Morgan fingerprint density at radius 1 is 1.26 bits per heavy atom. The molecule has 0 atom stereocenters. The maximum absolute atomic E-state index is 11.9. The number of aryl methyl sites for hydroxylation is 1. The molecule has 0 aliphatic heterocycles. The van der Waals surface area contributed by atoms with Gasteiger partial charge in [0.1, 0.15) is 5.69 Å². The maximum atomic E-state index is 11.9. The van der Waals surface area contributed by atoms with E-state index in [-0.39, 0.29) is 11.7 Å². The summed E-state index contributed by atoms with van der Waals surface area (Å²) in [5, 5.41) is 2.83. The van der Waals surface area contributed by atoms with E-state index in [0.29, 0.717) is 17.8 Å². The van der Waals surface area contributed by atoms with E-state index in [1.807, 2.05) is 31.2 Å². The summed E-state index contributed by atoms with van der Waals surface area (Å²) in [4.78, 5) is 25.9. The van der Waals surface area contributed by atoms with Crippen LogP contribution in [0.4, 0.5) is 0 Å². The third-order valence-corrected chi connectivity index (χ3v) is 3.03. The second-order valence-electron chi connectivity index (χ2n) is 4.47. The molecule has 0 saturated carbocycles. The van der Waals surface area contributed by atoms with Crippen LogP contribution < -0.4 is 5.32 Å². The Morgan fingerprint density at radius 3 is 2.63 bits per heavy atom. The minimum absolute atomic E-state index is 0.0609. The van der Waals surface area contributed by atoms with Gasteiger partial charge in [-0.3, -0.25) is 9.59 Å². The lowest BCUT2D eigenvalue weighted by Gasteiger charge is -2.06. The summed E-state index contributed by atoms with van der Waals surface area (Å²) in [5.74, 6) is -0.273. The van der Waals surface area contributed by atoms with Gasteiger partial charge in [-0.1, -0.05) is 24.3 Å². The number of amides is 1. The molecule has 19 heavy (non-hydrogen) atoms. The summed E-state index contributed by atoms with van der Waals surface area (Å²) < 4.78 is 0. The van der Waals surface area contributed by atoms with Gasteiger partial charge in [-0.2, -0.15) is 0 Å². The topological polar surface area (TPSA) is 62.0 Å². The molecule has 0 fully saturated rings. The van der Waals surface area contributed by atoms with E-state index >= 15 is 0 Å². The van der Waals surface area contributed by atoms with Gasteiger partial charge >= 0.3 is 0 Å². The number of H-pyrrole nitrogens is 1. The Balaban J connectivity index is 2.01. The van der Waals surface area contributed by atoms with Crippen LogP contribution in [0, 0.1) is 6.92 Å². The molecule has 2 aromatic rings. The van der Waals surface area contributed by atoms with Crippen LogP contribution in [-0.4, -0.2) is 16.7 Å². The summed E-state index contributed by atoms with van der Waals surface area (Å²) in [5.41, 5.74) is 3.13. The molecule has 1 aromatic heterocycles. The van der Waals surface area contributed by atoms with Crippen molar-refractivity contribution in [1.29, 1.82) is 0 Å². The summed E-state index contributed by atoms with van der Waals surface area (Å²) in [6, 6.07) is 9.45. The van der Waals surface area contributed by atoms with Gasteiger partial charge in [-0.15, -0.1) is 0 Å². The average Bonchev–Trinajstić information content (AvgIpc) is 2.87. The number of hydrogen-bond acceptors (Lipinski definition) is 2. The van der Waals surface area contributed by atoms with Crippen LogP contribution in [0.5, 0.6) is 0 Å². The molecule has 0 aliphatic carbocycles. The normalized spacial score (nSPS) is 10.2. The fourth-order valence-electron chi connectivity index (χ4n) is 1.81. The third-order valence-electron chi connectivity index (χ3n) is 3.03. The minimum atomic E-state index is -0.212. The highest BCUT2D eigenvalue weighted by Gasteiger charge is 2.10. The van der Waals surface area contributed by atoms with E-state index in [4.69, 9.17) is 0 Å². The number of hydrogen-bond donors (Lipinski definition) is 2. The van der Waals surface area contributed by atoms with Crippen LogP contribution in [0.2, 0.25) is 0 Å². The Morgan fingerprint density at radius 2 is 2.00 bits per heavy atom. The van der Waals surface area contributed by atoms with E-state index in [9.17, 15) is 9.59 Å². The van der Waals surface area contributed by atoms with Crippen LogP contribution >= 0.6 is 0 Å². The lowest BCUT2D eigenvalue weighted by molar-refractivity contribution is 0.0946. The molecular weight excluding hydrogens is 240 g/mol. The zero-order valence-electron chi connectivity index (χ0n) is 11.0. The Kier molecular flexibility index (Phi) is 3.80. The fraction of sp³-hybridized carbons (Fsp3) is 0.200. The molecule has 2 rings (SSSR count). The predicted molar refractivity (Wildman–Crippen MR) is 73.1 cm³/mol. The molecule has 98 valence electrons. The number of benzene rings is 1. The maximum Gasteiger partial charge on any atom is 0.267 e. The zero-order chi connectivity index (χ0) is 13.8. The summed E-state index contributed by atoms with van der Waals surface area (Å²) in [6.07, 6.45) is 1.55. The molecule has 1 heterocycles. The second-order valence-corrected chi connectivity index (χ2v) is 4.47. The van der Waals surface area contributed by atoms with Gasteiger partial charge in [0.2, 0.25) is 0 Å². The van der Waals surface area contributed by atoms with E-state index in [1.54, 1.807) is 12.3 Å². The minimum Gasteiger partial charge on any atom is -0.356 e. The van der Waals surface area contributed by atoms with E-state index < -0.39 is 0 Å². The SMILES string of the molecule is CC(=O)c1c[nH]c(C(=O)NCc2ccccc2C)c1. The molecule has 0 radical (unpaired) electrons. The number of Topliss-reactive ketones (excluding diaryl/α,β-unsaturated/α-hetero) is 1. The van der Waals surface area contributed by atoms with Crippen molar-refractivity contribution in [2.75, 3.05) is 0 Å². The molecular formula is C15H16N2O2. The summed E-state index contributed by atoms with van der Waals surface area (Å²) >= 11 is 0. The van der Waals surface area contributed by atoms with Crippen molar-refractivity contribution in [2.24, 2.45) is 0 Å². The van der Waals surface area contributed by atoms with Gasteiger partial charge in [0, 0.05) is 18.3 Å². The molecule has 0 spiro atoms. The first-order valence-electron chi connectivity index (χ1n) is 6.10. The van der Waals surface area contributed by atoms with Gasteiger partial charge in [0.25, 0.3) is 5.91 Å². The van der Waals surface area contributed by atoms with Gasteiger partial charge in [-0.05, 0) is 31.0 Å². The largest absolute Gasteiger partial charge is 0.356 e. The predicted octanol–water partition coefficient (Wildman–Crippen LogP) is 2.46. The standard InChI is InChI=1S/C15H16N2O2/c1-10-5-3-4-6-12(10)8-17-15(19)14-7-13(9-16-14)11(2)18/h3-7,9,16H,8H2,1-2H3,(H,17,19). The first-order chi connectivity index (χ1) is 9.08. The lowest BCUT2D eigenvalue weighted by Crippen LogP contribution is -2.23. The van der Waals surface area contributed by atoms with Crippen molar-refractivity contribution >= 4 is 11.7 Å². The molecule has 0 aliphatic rings. The van der Waals surface area contributed by atoms with Crippen LogP contribution in [0.25, 0.3) is 0 Å². The van der Waals surface area contributed by atoms with E-state index in [0.717, 1.165) is 11.1 Å². The molecule has 4 heteroatoms. The molecule has 1 aromatic carbocycles. The highest BCUT2D eigenvalue weighted by atomic mass is 16.2. The van der Waals surface area contributed by atoms with Crippen LogP contribution in [0.15, 0.2) is 36.5 Å². The number of ketones is 1. The third kappa shape index (κ3) is 3.10. The van der Waals surface area contributed by atoms with Crippen molar-refractivity contribution in [3.8, 4) is 0 Å². The highest BCUT2D eigenvalue weighted by molar-refractivity contribution is 5.99. The Labute approximate surface area is 111 Å².